The van der Waals surface area contributed by atoms with Crippen LogP contribution in [-0.2, 0) is 11.4 Å². The largest absolute Gasteiger partial charge is 0.490 e. The minimum absolute atomic E-state index is 0.225. The first-order valence-corrected chi connectivity index (χ1v) is 10.3. The lowest BCUT2D eigenvalue weighted by molar-refractivity contribution is -0.121. The minimum Gasteiger partial charge on any atom is -0.490 e. The number of ether oxygens (including phenoxy) is 2. The zero-order valence-corrected chi connectivity index (χ0v) is 18.1. The van der Waals surface area contributed by atoms with Gasteiger partial charge in [-0.1, -0.05) is 48.5 Å². The Morgan fingerprint density at radius 1 is 1.03 bits per heavy atom. The maximum absolute atomic E-state index is 12.3. The van der Waals surface area contributed by atoms with Gasteiger partial charge in [-0.25, -0.2) is 5.43 Å². The number of nitrogens with zero attached hydrogens (tertiary/aromatic N) is 3. The van der Waals surface area contributed by atoms with Crippen molar-refractivity contribution in [1.29, 1.82) is 10.5 Å². The van der Waals surface area contributed by atoms with Crippen LogP contribution in [0.15, 0.2) is 77.9 Å². The van der Waals surface area contributed by atoms with Gasteiger partial charge in [-0.05, 0) is 42.3 Å². The molecule has 3 rings (SSSR count). The quantitative estimate of drug-likeness (QED) is 0.396. The Balaban J connectivity index is 1.68. The van der Waals surface area contributed by atoms with Crippen molar-refractivity contribution in [3.63, 3.8) is 0 Å². The average molecular weight is 438 g/mol. The third-order valence-electron chi connectivity index (χ3n) is 4.70. The van der Waals surface area contributed by atoms with Gasteiger partial charge in [-0.15, -0.1) is 0 Å². The minimum atomic E-state index is -0.950. The van der Waals surface area contributed by atoms with Gasteiger partial charge in [-0.3, -0.25) is 4.79 Å². The van der Waals surface area contributed by atoms with E-state index >= 15 is 0 Å². The van der Waals surface area contributed by atoms with Crippen molar-refractivity contribution in [2.75, 3.05) is 6.61 Å². The number of hydrogen-bond acceptors (Lipinski definition) is 6. The summed E-state index contributed by atoms with van der Waals surface area (Å²) in [6, 6.07) is 25.4. The maximum Gasteiger partial charge on any atom is 0.261 e. The predicted molar refractivity (Wildman–Crippen MR) is 124 cm³/mol. The van der Waals surface area contributed by atoms with Crippen LogP contribution in [0.4, 0.5) is 0 Å². The van der Waals surface area contributed by atoms with Crippen LogP contribution in [0.5, 0.6) is 11.5 Å². The number of carbonyl (C=O) groups is 1. The van der Waals surface area contributed by atoms with E-state index in [1.54, 1.807) is 54.6 Å². The van der Waals surface area contributed by atoms with E-state index in [4.69, 9.17) is 9.47 Å². The van der Waals surface area contributed by atoms with Crippen molar-refractivity contribution in [3.05, 3.63) is 95.1 Å². The molecule has 164 valence electrons. The second kappa shape index (κ2) is 11.7. The fourth-order valence-electron chi connectivity index (χ4n) is 3.07. The second-order valence-electron chi connectivity index (χ2n) is 6.90. The van der Waals surface area contributed by atoms with Crippen LogP contribution in [0.3, 0.4) is 0 Å². The highest BCUT2D eigenvalue weighted by Gasteiger charge is 2.19. The number of nitrogens with one attached hydrogen (secondary N) is 1. The highest BCUT2D eigenvalue weighted by atomic mass is 16.5. The van der Waals surface area contributed by atoms with Crippen molar-refractivity contribution in [2.45, 2.75) is 19.4 Å². The van der Waals surface area contributed by atoms with Crippen LogP contribution in [-0.4, -0.2) is 18.7 Å². The Kier molecular flexibility index (Phi) is 8.16. The lowest BCUT2D eigenvalue weighted by Crippen LogP contribution is -2.24. The Hall–Kier alpha value is -4.62. The van der Waals surface area contributed by atoms with Crippen LogP contribution in [0.25, 0.3) is 0 Å². The zero-order valence-electron chi connectivity index (χ0n) is 18.1. The highest BCUT2D eigenvalue weighted by Crippen LogP contribution is 2.29. The first kappa shape index (κ1) is 23.1. The molecule has 1 atom stereocenters. The molecule has 0 unspecified atom stereocenters. The van der Waals surface area contributed by atoms with Crippen molar-refractivity contribution in [1.82, 2.24) is 5.43 Å². The summed E-state index contributed by atoms with van der Waals surface area (Å²) >= 11 is 0. The van der Waals surface area contributed by atoms with Gasteiger partial charge in [0, 0.05) is 5.56 Å². The first-order valence-electron chi connectivity index (χ1n) is 10.3. The molecule has 0 bridgehead atoms. The summed E-state index contributed by atoms with van der Waals surface area (Å²) in [5.41, 5.74) is 5.03. The smallest absolute Gasteiger partial charge is 0.261 e. The van der Waals surface area contributed by atoms with Crippen LogP contribution in [0, 0.1) is 22.7 Å². The molecule has 0 radical (unpaired) electrons. The molecule has 0 spiro atoms. The van der Waals surface area contributed by atoms with Gasteiger partial charge in [0.05, 0.1) is 30.5 Å². The van der Waals surface area contributed by atoms with Crippen molar-refractivity contribution < 1.29 is 14.3 Å². The molecule has 0 aromatic heterocycles. The molecular formula is C26H22N4O3. The lowest BCUT2D eigenvalue weighted by Gasteiger charge is -2.13. The summed E-state index contributed by atoms with van der Waals surface area (Å²) in [5, 5.41) is 22.6. The summed E-state index contributed by atoms with van der Waals surface area (Å²) in [4.78, 5) is 12.3. The van der Waals surface area contributed by atoms with E-state index in [0.29, 0.717) is 34.8 Å². The summed E-state index contributed by atoms with van der Waals surface area (Å²) in [5.74, 6) is -0.420. The average Bonchev–Trinajstić information content (AvgIpc) is 2.85. The molecular weight excluding hydrogens is 416 g/mol. The number of amides is 1. The van der Waals surface area contributed by atoms with Gasteiger partial charge >= 0.3 is 0 Å². The fraction of sp³-hybridized carbons (Fsp3) is 0.154. The molecule has 0 fully saturated rings. The van der Waals surface area contributed by atoms with E-state index in [2.05, 4.69) is 16.6 Å². The van der Waals surface area contributed by atoms with Gasteiger partial charge in [0.15, 0.2) is 17.4 Å². The number of hydrazone groups is 1. The summed E-state index contributed by atoms with van der Waals surface area (Å²) in [6.07, 6.45) is 1.47. The highest BCUT2D eigenvalue weighted by molar-refractivity contribution is 5.88. The van der Waals surface area contributed by atoms with Crippen LogP contribution < -0.4 is 14.9 Å². The monoisotopic (exact) mass is 438 g/mol. The number of benzene rings is 3. The summed E-state index contributed by atoms with van der Waals surface area (Å²) in [7, 11) is 0. The molecule has 0 aliphatic heterocycles. The van der Waals surface area contributed by atoms with Gasteiger partial charge < -0.3 is 9.47 Å². The Morgan fingerprint density at radius 2 is 1.79 bits per heavy atom. The third kappa shape index (κ3) is 6.19. The normalized spacial score (nSPS) is 11.2. The zero-order chi connectivity index (χ0) is 23.5. The molecule has 7 heteroatoms. The van der Waals surface area contributed by atoms with E-state index in [-0.39, 0.29) is 6.61 Å². The fourth-order valence-corrected chi connectivity index (χ4v) is 3.07. The molecule has 0 aliphatic carbocycles. The van der Waals surface area contributed by atoms with E-state index in [1.165, 1.54) is 6.21 Å². The number of carbonyl (C=O) groups excluding carboxylic acids is 1. The molecule has 1 amide bonds. The van der Waals surface area contributed by atoms with Crippen molar-refractivity contribution in [2.24, 2.45) is 5.10 Å². The molecule has 33 heavy (non-hydrogen) atoms. The van der Waals surface area contributed by atoms with Crippen LogP contribution in [0.1, 0.15) is 35.1 Å². The SMILES string of the molecule is CCOc1cc(/C=N\NC(=O)[C@H](C#N)c2ccccc2)ccc1OCc1ccccc1C#N. The Bertz CT molecular complexity index is 1210. The summed E-state index contributed by atoms with van der Waals surface area (Å²) in [6.45, 7) is 2.52. The van der Waals surface area contributed by atoms with Gasteiger partial charge in [0.25, 0.3) is 5.91 Å². The standard InChI is InChI=1S/C26H22N4O3/c1-2-32-25-14-19(12-13-24(25)33-18-22-11-7-6-10-21(22)15-27)17-29-30-26(31)23(16-28)20-8-4-3-5-9-20/h3-14,17,23H,2,18H2,1H3,(H,30,31)/b29-17-/t23-/m1/s1. The summed E-state index contributed by atoms with van der Waals surface area (Å²) < 4.78 is 11.6. The molecule has 7 nitrogen and oxygen atoms in total. The lowest BCUT2D eigenvalue weighted by atomic mass is 10.0. The molecule has 0 saturated carbocycles. The van der Waals surface area contributed by atoms with Crippen molar-refractivity contribution in [3.8, 4) is 23.6 Å². The van der Waals surface area contributed by atoms with E-state index in [1.807, 2.05) is 31.2 Å². The Morgan fingerprint density at radius 3 is 2.52 bits per heavy atom. The van der Waals surface area contributed by atoms with E-state index < -0.39 is 11.8 Å². The molecule has 3 aromatic rings. The van der Waals surface area contributed by atoms with Gasteiger partial charge in [0.1, 0.15) is 6.61 Å². The Labute approximate surface area is 192 Å². The molecule has 1 N–H and O–H groups in total. The second-order valence-corrected chi connectivity index (χ2v) is 6.90. The van der Waals surface area contributed by atoms with Crippen molar-refractivity contribution >= 4 is 12.1 Å². The number of nitriles is 2. The van der Waals surface area contributed by atoms with Gasteiger partial charge in [-0.2, -0.15) is 15.6 Å². The topological polar surface area (TPSA) is 108 Å². The molecule has 3 aromatic carbocycles. The first-order chi connectivity index (χ1) is 16.2. The maximum atomic E-state index is 12.3. The van der Waals surface area contributed by atoms with Crippen LogP contribution in [0.2, 0.25) is 0 Å². The molecule has 0 saturated heterocycles. The number of hydrogen-bond donors (Lipinski definition) is 1. The van der Waals surface area contributed by atoms with Crippen LogP contribution >= 0.6 is 0 Å². The van der Waals surface area contributed by atoms with E-state index in [0.717, 1.165) is 5.56 Å². The van der Waals surface area contributed by atoms with E-state index in [9.17, 15) is 15.3 Å². The van der Waals surface area contributed by atoms with Gasteiger partial charge in [0.2, 0.25) is 0 Å². The molecule has 0 heterocycles. The third-order valence-corrected chi connectivity index (χ3v) is 4.70. The predicted octanol–water partition coefficient (Wildman–Crippen LogP) is 4.29. The number of rotatable bonds is 9. The molecule has 0 aliphatic rings.